The highest BCUT2D eigenvalue weighted by atomic mass is 16.5. The van der Waals surface area contributed by atoms with E-state index in [-0.39, 0.29) is 23.6 Å². The molecule has 39 heavy (non-hydrogen) atoms. The molecule has 9 heteroatoms. The number of nitrogens with zero attached hydrogens (tertiary/aromatic N) is 3. The first-order valence-corrected chi connectivity index (χ1v) is 13.3. The Hall–Kier alpha value is -4.21. The summed E-state index contributed by atoms with van der Waals surface area (Å²) in [5, 5.41) is 10.8. The number of carbonyl (C=O) groups excluding carboxylic acids is 1. The SMILES string of the molecule is CC(c1ccccc1)n1cc(C(=O)Nc2c[nH]c(=O)c(C3Cc4cc(CN5CCOCC5)ccc4N3)c2)cn1. The molecule has 2 aliphatic rings. The molecule has 0 radical (unpaired) electrons. The number of anilines is 2. The lowest BCUT2D eigenvalue weighted by atomic mass is 10.0. The Kier molecular flexibility index (Phi) is 7.00. The summed E-state index contributed by atoms with van der Waals surface area (Å²) in [5.74, 6) is -0.282. The first-order chi connectivity index (χ1) is 19.0. The van der Waals surface area contributed by atoms with Crippen molar-refractivity contribution in [2.45, 2.75) is 32.0 Å². The lowest BCUT2D eigenvalue weighted by molar-refractivity contribution is 0.0342. The second-order valence-corrected chi connectivity index (χ2v) is 10.2. The smallest absolute Gasteiger partial charge is 0.258 e. The van der Waals surface area contributed by atoms with E-state index < -0.39 is 0 Å². The summed E-state index contributed by atoms with van der Waals surface area (Å²) in [5.41, 5.74) is 6.00. The van der Waals surface area contributed by atoms with E-state index in [2.05, 4.69) is 43.8 Å². The van der Waals surface area contributed by atoms with E-state index in [0.29, 0.717) is 23.2 Å². The Morgan fingerprint density at radius 1 is 1.15 bits per heavy atom. The predicted octanol–water partition coefficient (Wildman–Crippen LogP) is 3.97. The highest BCUT2D eigenvalue weighted by molar-refractivity contribution is 6.03. The number of fused-ring (bicyclic) bond motifs is 1. The summed E-state index contributed by atoms with van der Waals surface area (Å²) in [7, 11) is 0. The number of benzene rings is 2. The van der Waals surface area contributed by atoms with E-state index in [1.807, 2.05) is 37.3 Å². The molecule has 4 aromatic rings. The van der Waals surface area contributed by atoms with Crippen LogP contribution in [0.5, 0.6) is 0 Å². The Morgan fingerprint density at radius 2 is 1.97 bits per heavy atom. The topological polar surface area (TPSA) is 104 Å². The van der Waals surface area contributed by atoms with E-state index in [1.165, 1.54) is 17.3 Å². The van der Waals surface area contributed by atoms with Crippen LogP contribution in [0.2, 0.25) is 0 Å². The lowest BCUT2D eigenvalue weighted by Gasteiger charge is -2.26. The Labute approximate surface area is 226 Å². The molecule has 2 aromatic carbocycles. The van der Waals surface area contributed by atoms with Gasteiger partial charge in [-0.2, -0.15) is 5.10 Å². The van der Waals surface area contributed by atoms with Crippen LogP contribution in [0.25, 0.3) is 0 Å². The molecule has 1 amide bonds. The zero-order valence-corrected chi connectivity index (χ0v) is 21.9. The highest BCUT2D eigenvalue weighted by Gasteiger charge is 2.25. The summed E-state index contributed by atoms with van der Waals surface area (Å²) in [6, 6.07) is 18.1. The fourth-order valence-electron chi connectivity index (χ4n) is 5.31. The summed E-state index contributed by atoms with van der Waals surface area (Å²) in [6.45, 7) is 6.37. The summed E-state index contributed by atoms with van der Waals surface area (Å²) >= 11 is 0. The third kappa shape index (κ3) is 5.50. The number of aromatic nitrogens is 3. The highest BCUT2D eigenvalue weighted by Crippen LogP contribution is 2.34. The molecule has 1 saturated heterocycles. The molecule has 0 bridgehead atoms. The quantitative estimate of drug-likeness (QED) is 0.338. The van der Waals surface area contributed by atoms with Crippen molar-refractivity contribution in [3.05, 3.63) is 111 Å². The molecule has 0 saturated carbocycles. The van der Waals surface area contributed by atoms with Gasteiger partial charge in [0.25, 0.3) is 11.5 Å². The third-order valence-electron chi connectivity index (χ3n) is 7.54. The van der Waals surface area contributed by atoms with Gasteiger partial charge >= 0.3 is 0 Å². The average Bonchev–Trinajstić information content (AvgIpc) is 3.62. The van der Waals surface area contributed by atoms with Crippen LogP contribution in [0.4, 0.5) is 11.4 Å². The van der Waals surface area contributed by atoms with E-state index >= 15 is 0 Å². The maximum atomic E-state index is 13.0. The largest absolute Gasteiger partial charge is 0.379 e. The zero-order valence-electron chi connectivity index (χ0n) is 21.9. The second kappa shape index (κ2) is 10.9. The molecule has 2 unspecified atom stereocenters. The van der Waals surface area contributed by atoms with E-state index in [9.17, 15) is 9.59 Å². The first kappa shape index (κ1) is 25.1. The number of hydrogen-bond acceptors (Lipinski definition) is 6. The Bertz CT molecular complexity index is 1520. The second-order valence-electron chi connectivity index (χ2n) is 10.2. The Balaban J connectivity index is 1.13. The summed E-state index contributed by atoms with van der Waals surface area (Å²) < 4.78 is 7.23. The van der Waals surface area contributed by atoms with Crippen LogP contribution < -0.4 is 16.2 Å². The van der Waals surface area contributed by atoms with Gasteiger partial charge in [0.15, 0.2) is 0 Å². The molecule has 2 aliphatic heterocycles. The molecule has 2 atom stereocenters. The maximum Gasteiger partial charge on any atom is 0.258 e. The van der Waals surface area contributed by atoms with Gasteiger partial charge in [0, 0.05) is 43.3 Å². The number of hydrogen-bond donors (Lipinski definition) is 3. The van der Waals surface area contributed by atoms with Gasteiger partial charge in [0.1, 0.15) is 0 Å². The van der Waals surface area contributed by atoms with Crippen molar-refractivity contribution < 1.29 is 9.53 Å². The van der Waals surface area contributed by atoms with Gasteiger partial charge in [0.05, 0.1) is 42.7 Å². The van der Waals surface area contributed by atoms with Gasteiger partial charge in [-0.25, -0.2) is 0 Å². The van der Waals surface area contributed by atoms with Crippen molar-refractivity contribution in [2.75, 3.05) is 36.9 Å². The molecule has 4 heterocycles. The van der Waals surface area contributed by atoms with Crippen LogP contribution in [0.1, 0.15) is 51.6 Å². The van der Waals surface area contributed by atoms with Crippen molar-refractivity contribution in [3.8, 4) is 0 Å². The molecule has 200 valence electrons. The zero-order chi connectivity index (χ0) is 26.8. The molecule has 9 nitrogen and oxygen atoms in total. The lowest BCUT2D eigenvalue weighted by Crippen LogP contribution is -2.35. The molecule has 3 N–H and O–H groups in total. The van der Waals surface area contributed by atoms with Crippen LogP contribution in [0.3, 0.4) is 0 Å². The van der Waals surface area contributed by atoms with E-state index in [4.69, 9.17) is 4.74 Å². The van der Waals surface area contributed by atoms with Gasteiger partial charge in [-0.3, -0.25) is 19.2 Å². The van der Waals surface area contributed by atoms with Crippen LogP contribution in [0, 0.1) is 0 Å². The van der Waals surface area contributed by atoms with Crippen LogP contribution in [-0.2, 0) is 17.7 Å². The standard InChI is InChI=1S/C30H32N6O3/c1-20(22-5-3-2-4-6-22)36-19-24(16-32-36)29(37)33-25-15-26(30(38)31-17-25)28-14-23-13-21(7-8-27(23)34-28)18-35-9-11-39-12-10-35/h2-8,13,15-17,19-20,28,34H,9-12,14,18H2,1H3,(H,31,38)(H,33,37). The van der Waals surface area contributed by atoms with Crippen molar-refractivity contribution >= 4 is 17.3 Å². The number of carbonyl (C=O) groups is 1. The van der Waals surface area contributed by atoms with E-state index in [0.717, 1.165) is 44.1 Å². The van der Waals surface area contributed by atoms with Crippen molar-refractivity contribution in [3.63, 3.8) is 0 Å². The average molecular weight is 525 g/mol. The summed E-state index contributed by atoms with van der Waals surface area (Å²) in [4.78, 5) is 31.0. The molecule has 6 rings (SSSR count). The Morgan fingerprint density at radius 3 is 2.79 bits per heavy atom. The third-order valence-corrected chi connectivity index (χ3v) is 7.54. The predicted molar refractivity (Wildman–Crippen MR) is 150 cm³/mol. The number of ether oxygens (including phenoxy) is 1. The molecule has 0 spiro atoms. The number of rotatable bonds is 7. The minimum absolute atomic E-state index is 0.00288. The van der Waals surface area contributed by atoms with Gasteiger partial charge < -0.3 is 20.4 Å². The van der Waals surface area contributed by atoms with E-state index in [1.54, 1.807) is 23.1 Å². The molecular formula is C30H32N6O3. The minimum atomic E-state index is -0.282. The number of morpholine rings is 1. The maximum absolute atomic E-state index is 13.0. The number of aromatic amines is 1. The fourth-order valence-corrected chi connectivity index (χ4v) is 5.31. The van der Waals surface area contributed by atoms with Gasteiger partial charge in [-0.1, -0.05) is 42.5 Å². The fraction of sp³-hybridized carbons (Fsp3) is 0.300. The van der Waals surface area contributed by atoms with Gasteiger partial charge in [0.2, 0.25) is 0 Å². The molecular weight excluding hydrogens is 492 g/mol. The van der Waals surface area contributed by atoms with Crippen LogP contribution in [0.15, 0.2) is 78.0 Å². The van der Waals surface area contributed by atoms with Crippen LogP contribution >= 0.6 is 0 Å². The number of nitrogens with one attached hydrogen (secondary N) is 3. The van der Waals surface area contributed by atoms with Crippen molar-refractivity contribution in [2.24, 2.45) is 0 Å². The van der Waals surface area contributed by atoms with Crippen LogP contribution in [-0.4, -0.2) is 51.9 Å². The summed E-state index contributed by atoms with van der Waals surface area (Å²) in [6.07, 6.45) is 5.54. The molecule has 1 fully saturated rings. The minimum Gasteiger partial charge on any atom is -0.379 e. The number of H-pyrrole nitrogens is 1. The number of pyridine rings is 1. The molecule has 2 aromatic heterocycles. The van der Waals surface area contributed by atoms with Gasteiger partial charge in [-0.05, 0) is 42.2 Å². The van der Waals surface area contributed by atoms with Crippen molar-refractivity contribution in [1.82, 2.24) is 19.7 Å². The monoisotopic (exact) mass is 524 g/mol. The first-order valence-electron chi connectivity index (χ1n) is 13.3. The normalized spacial score (nSPS) is 17.8. The molecule has 0 aliphatic carbocycles. The number of amides is 1. The van der Waals surface area contributed by atoms with Crippen molar-refractivity contribution in [1.29, 1.82) is 0 Å². The van der Waals surface area contributed by atoms with Gasteiger partial charge in [-0.15, -0.1) is 0 Å².